The van der Waals surface area contributed by atoms with Gasteiger partial charge in [-0.1, -0.05) is 13.3 Å². The van der Waals surface area contributed by atoms with Gasteiger partial charge in [-0.3, -0.25) is 0 Å². The van der Waals surface area contributed by atoms with E-state index in [-0.39, 0.29) is 5.97 Å². The van der Waals surface area contributed by atoms with Gasteiger partial charge in [-0.2, -0.15) is 0 Å². The lowest BCUT2D eigenvalue weighted by Gasteiger charge is -2.11. The van der Waals surface area contributed by atoms with E-state index in [0.717, 1.165) is 30.4 Å². The minimum atomic E-state index is -0.336. The van der Waals surface area contributed by atoms with Crippen LogP contribution in [0.3, 0.4) is 0 Å². The van der Waals surface area contributed by atoms with E-state index < -0.39 is 0 Å². The highest BCUT2D eigenvalue weighted by molar-refractivity contribution is 5.91. The molecule has 0 aliphatic heterocycles. The van der Waals surface area contributed by atoms with Crippen molar-refractivity contribution in [1.82, 2.24) is 0 Å². The van der Waals surface area contributed by atoms with Crippen molar-refractivity contribution in [2.75, 3.05) is 12.8 Å². The molecule has 16 heavy (non-hydrogen) atoms. The van der Waals surface area contributed by atoms with Crippen molar-refractivity contribution < 1.29 is 9.53 Å². The number of carbonyl (C=O) groups excluding carboxylic acids is 1. The number of anilines is 1. The Bertz CT molecular complexity index is 363. The van der Waals surface area contributed by atoms with Crippen LogP contribution in [0.1, 0.15) is 41.3 Å². The third-order valence-corrected chi connectivity index (χ3v) is 2.71. The zero-order valence-electron chi connectivity index (χ0n) is 10.2. The Balaban J connectivity index is 3.02. The first-order valence-corrected chi connectivity index (χ1v) is 5.57. The highest BCUT2D eigenvalue weighted by atomic mass is 16.5. The molecular weight excluding hydrogens is 202 g/mol. The maximum absolute atomic E-state index is 11.4. The number of hydrogen-bond donors (Lipinski definition) is 1. The van der Waals surface area contributed by atoms with Gasteiger partial charge in [0.1, 0.15) is 0 Å². The van der Waals surface area contributed by atoms with Crippen LogP contribution in [0.5, 0.6) is 0 Å². The van der Waals surface area contributed by atoms with Gasteiger partial charge in [-0.15, -0.1) is 0 Å². The van der Waals surface area contributed by atoms with Crippen LogP contribution in [-0.2, 0) is 11.2 Å². The van der Waals surface area contributed by atoms with Crippen LogP contribution in [0.2, 0.25) is 0 Å². The van der Waals surface area contributed by atoms with Crippen LogP contribution in [-0.4, -0.2) is 13.1 Å². The molecule has 0 aromatic heterocycles. The lowest BCUT2D eigenvalue weighted by atomic mass is 9.98. The molecule has 0 unspecified atom stereocenters. The summed E-state index contributed by atoms with van der Waals surface area (Å²) >= 11 is 0. The van der Waals surface area contributed by atoms with Crippen molar-refractivity contribution in [2.24, 2.45) is 0 Å². The van der Waals surface area contributed by atoms with Crippen LogP contribution in [0.4, 0.5) is 5.69 Å². The summed E-state index contributed by atoms with van der Waals surface area (Å²) in [6.07, 6.45) is 3.22. The molecule has 0 aliphatic rings. The molecule has 3 nitrogen and oxygen atoms in total. The first kappa shape index (κ1) is 12.6. The highest BCUT2D eigenvalue weighted by Gasteiger charge is 2.10. The summed E-state index contributed by atoms with van der Waals surface area (Å²) in [7, 11) is 1.37. The Kier molecular flexibility index (Phi) is 4.35. The van der Waals surface area contributed by atoms with Gasteiger partial charge in [0.05, 0.1) is 12.7 Å². The van der Waals surface area contributed by atoms with Gasteiger partial charge in [0.25, 0.3) is 0 Å². The monoisotopic (exact) mass is 221 g/mol. The molecule has 88 valence electrons. The summed E-state index contributed by atoms with van der Waals surface area (Å²) in [6, 6.07) is 3.54. The molecule has 3 heteroatoms. The van der Waals surface area contributed by atoms with Crippen molar-refractivity contribution in [3.8, 4) is 0 Å². The van der Waals surface area contributed by atoms with Crippen molar-refractivity contribution in [2.45, 2.75) is 33.1 Å². The van der Waals surface area contributed by atoms with Crippen molar-refractivity contribution in [3.05, 3.63) is 28.8 Å². The number of ether oxygens (including phenoxy) is 1. The van der Waals surface area contributed by atoms with Crippen molar-refractivity contribution in [1.29, 1.82) is 0 Å². The molecule has 0 saturated heterocycles. The lowest BCUT2D eigenvalue weighted by Crippen LogP contribution is -2.06. The fourth-order valence-electron chi connectivity index (χ4n) is 1.78. The number of nitrogen functional groups attached to an aromatic ring is 1. The molecule has 0 aliphatic carbocycles. The van der Waals surface area contributed by atoms with Gasteiger partial charge in [0.15, 0.2) is 0 Å². The van der Waals surface area contributed by atoms with Gasteiger partial charge >= 0.3 is 5.97 Å². The molecule has 0 radical (unpaired) electrons. The Labute approximate surface area is 96.6 Å². The molecule has 0 bridgehead atoms. The summed E-state index contributed by atoms with van der Waals surface area (Å²) in [5.41, 5.74) is 9.37. The van der Waals surface area contributed by atoms with Gasteiger partial charge in [0, 0.05) is 5.69 Å². The van der Waals surface area contributed by atoms with Crippen molar-refractivity contribution in [3.63, 3.8) is 0 Å². The number of benzene rings is 1. The van der Waals surface area contributed by atoms with Crippen LogP contribution >= 0.6 is 0 Å². The largest absolute Gasteiger partial charge is 0.465 e. The van der Waals surface area contributed by atoms with Crippen molar-refractivity contribution >= 4 is 11.7 Å². The van der Waals surface area contributed by atoms with Gasteiger partial charge in [-0.05, 0) is 43.0 Å². The number of carbonyl (C=O) groups is 1. The lowest BCUT2D eigenvalue weighted by molar-refractivity contribution is 0.0600. The number of methoxy groups -OCH3 is 1. The summed E-state index contributed by atoms with van der Waals surface area (Å²) in [5.74, 6) is -0.336. The average Bonchev–Trinajstić information content (AvgIpc) is 2.26. The molecule has 1 rings (SSSR count). The van der Waals surface area contributed by atoms with E-state index in [1.54, 1.807) is 6.07 Å². The van der Waals surface area contributed by atoms with Gasteiger partial charge in [0.2, 0.25) is 0 Å². The quantitative estimate of drug-likeness (QED) is 0.628. The number of nitrogens with two attached hydrogens (primary N) is 1. The van der Waals surface area contributed by atoms with E-state index in [2.05, 4.69) is 11.7 Å². The normalized spacial score (nSPS) is 10.2. The Morgan fingerprint density at radius 1 is 1.44 bits per heavy atom. The van der Waals surface area contributed by atoms with Crippen LogP contribution in [0.15, 0.2) is 12.1 Å². The second-order valence-corrected chi connectivity index (χ2v) is 3.96. The van der Waals surface area contributed by atoms with Gasteiger partial charge < -0.3 is 10.5 Å². The second kappa shape index (κ2) is 5.54. The zero-order chi connectivity index (χ0) is 12.1. The molecule has 0 amide bonds. The maximum atomic E-state index is 11.4. The minimum absolute atomic E-state index is 0.336. The van der Waals surface area contributed by atoms with Crippen LogP contribution in [0.25, 0.3) is 0 Å². The predicted octanol–water partition coefficient (Wildman–Crippen LogP) is 2.71. The van der Waals surface area contributed by atoms with Crippen LogP contribution < -0.4 is 5.73 Å². The SMILES string of the molecule is CCCCc1c(C)cc(C(=O)OC)cc1N. The Morgan fingerprint density at radius 2 is 2.12 bits per heavy atom. The van der Waals surface area contributed by atoms with E-state index in [4.69, 9.17) is 5.73 Å². The molecule has 0 atom stereocenters. The average molecular weight is 221 g/mol. The number of aryl methyl sites for hydroxylation is 1. The molecule has 0 saturated carbocycles. The molecule has 1 aromatic rings. The van der Waals surface area contributed by atoms with E-state index >= 15 is 0 Å². The smallest absolute Gasteiger partial charge is 0.337 e. The summed E-state index contributed by atoms with van der Waals surface area (Å²) < 4.78 is 4.67. The number of hydrogen-bond acceptors (Lipinski definition) is 3. The number of unbranched alkanes of at least 4 members (excludes halogenated alkanes) is 1. The van der Waals surface area contributed by atoms with Gasteiger partial charge in [-0.25, -0.2) is 4.79 Å². The molecule has 2 N–H and O–H groups in total. The first-order valence-electron chi connectivity index (χ1n) is 5.57. The molecule has 0 fully saturated rings. The molecular formula is C13H19NO2. The topological polar surface area (TPSA) is 52.3 Å². The third kappa shape index (κ3) is 2.75. The predicted molar refractivity (Wildman–Crippen MR) is 65.5 cm³/mol. The van der Waals surface area contributed by atoms with E-state index in [1.165, 1.54) is 7.11 Å². The summed E-state index contributed by atoms with van der Waals surface area (Å²) in [4.78, 5) is 11.4. The van der Waals surface area contributed by atoms with Crippen LogP contribution in [0, 0.1) is 6.92 Å². The maximum Gasteiger partial charge on any atom is 0.337 e. The molecule has 0 heterocycles. The summed E-state index contributed by atoms with van der Waals surface area (Å²) in [6.45, 7) is 4.13. The third-order valence-electron chi connectivity index (χ3n) is 2.71. The zero-order valence-corrected chi connectivity index (χ0v) is 10.2. The Hall–Kier alpha value is -1.51. The summed E-state index contributed by atoms with van der Waals surface area (Å²) in [5, 5.41) is 0. The fourth-order valence-corrected chi connectivity index (χ4v) is 1.78. The minimum Gasteiger partial charge on any atom is -0.465 e. The van der Waals surface area contributed by atoms with E-state index in [1.807, 2.05) is 13.0 Å². The Morgan fingerprint density at radius 3 is 2.62 bits per heavy atom. The first-order chi connectivity index (χ1) is 7.60. The second-order valence-electron chi connectivity index (χ2n) is 3.96. The molecule has 0 spiro atoms. The fraction of sp³-hybridized carbons (Fsp3) is 0.462. The highest BCUT2D eigenvalue weighted by Crippen LogP contribution is 2.22. The molecule has 1 aromatic carbocycles. The van der Waals surface area contributed by atoms with E-state index in [9.17, 15) is 4.79 Å². The number of esters is 1. The van der Waals surface area contributed by atoms with E-state index in [0.29, 0.717) is 11.3 Å². The number of rotatable bonds is 4. The standard InChI is InChI=1S/C13H19NO2/c1-4-5-6-11-9(2)7-10(8-12(11)14)13(15)16-3/h7-8H,4-6,14H2,1-3H3.